The van der Waals surface area contributed by atoms with E-state index in [4.69, 9.17) is 9.72 Å². The molecule has 1 spiro atoms. The summed E-state index contributed by atoms with van der Waals surface area (Å²) in [5.74, 6) is 1.34. The number of amides is 2. The van der Waals surface area contributed by atoms with Gasteiger partial charge in [-0.25, -0.2) is 14.8 Å². The molecular weight excluding hydrogens is 368 g/mol. The number of ether oxygens (including phenoxy) is 1. The van der Waals surface area contributed by atoms with Gasteiger partial charge in [0.05, 0.1) is 12.6 Å². The van der Waals surface area contributed by atoms with E-state index in [9.17, 15) is 9.59 Å². The molecule has 1 aromatic rings. The van der Waals surface area contributed by atoms with Crippen molar-refractivity contribution < 1.29 is 14.3 Å². The standard InChI is InChI=1S/C22H32N4O3/c1-15-13-17(26-14-22(29-20(26)28)10-6-5-7-11-22)24-18(23-15)16-9-8-12-25(16)19(27)21(2,3)4/h13,16H,5-12,14H2,1-4H3. The molecule has 0 N–H and O–H groups in total. The Morgan fingerprint density at radius 1 is 1.17 bits per heavy atom. The molecule has 2 saturated heterocycles. The van der Waals surface area contributed by atoms with Crippen LogP contribution in [-0.2, 0) is 9.53 Å². The molecule has 1 unspecified atom stereocenters. The van der Waals surface area contributed by atoms with Crippen molar-refractivity contribution in [3.05, 3.63) is 17.6 Å². The minimum absolute atomic E-state index is 0.119. The molecule has 158 valence electrons. The van der Waals surface area contributed by atoms with Crippen LogP contribution in [0.4, 0.5) is 10.6 Å². The first-order valence-electron chi connectivity index (χ1n) is 10.9. The van der Waals surface area contributed by atoms with Crippen LogP contribution in [0.3, 0.4) is 0 Å². The monoisotopic (exact) mass is 400 g/mol. The fourth-order valence-corrected chi connectivity index (χ4v) is 4.83. The minimum Gasteiger partial charge on any atom is -0.441 e. The lowest BCUT2D eigenvalue weighted by Gasteiger charge is -2.31. The van der Waals surface area contributed by atoms with Crippen LogP contribution in [-0.4, -0.2) is 45.6 Å². The quantitative estimate of drug-likeness (QED) is 0.745. The van der Waals surface area contributed by atoms with E-state index in [1.165, 1.54) is 6.42 Å². The summed E-state index contributed by atoms with van der Waals surface area (Å²) in [6.45, 7) is 9.02. The predicted molar refractivity (Wildman–Crippen MR) is 110 cm³/mol. The lowest BCUT2D eigenvalue weighted by molar-refractivity contribution is -0.140. The first-order chi connectivity index (χ1) is 13.7. The van der Waals surface area contributed by atoms with Gasteiger partial charge in [0, 0.05) is 23.7 Å². The first-order valence-corrected chi connectivity index (χ1v) is 10.9. The van der Waals surface area contributed by atoms with Crippen LogP contribution >= 0.6 is 0 Å². The normalized spacial score (nSPS) is 24.3. The molecule has 7 heteroatoms. The number of carbonyl (C=O) groups is 2. The molecule has 0 aromatic carbocycles. The van der Waals surface area contributed by atoms with Gasteiger partial charge in [-0.2, -0.15) is 0 Å². The molecule has 1 saturated carbocycles. The number of rotatable bonds is 2. The maximum absolute atomic E-state index is 12.9. The second kappa shape index (κ2) is 7.26. The number of likely N-dealkylation sites (tertiary alicyclic amines) is 1. The van der Waals surface area contributed by atoms with Crippen molar-refractivity contribution in [2.24, 2.45) is 5.41 Å². The smallest absolute Gasteiger partial charge is 0.416 e. The number of aryl methyl sites for hydroxylation is 1. The lowest BCUT2D eigenvalue weighted by atomic mass is 9.85. The predicted octanol–water partition coefficient (Wildman–Crippen LogP) is 4.15. The summed E-state index contributed by atoms with van der Waals surface area (Å²) in [5, 5.41) is 0. The van der Waals surface area contributed by atoms with Crippen molar-refractivity contribution in [3.63, 3.8) is 0 Å². The Kier molecular flexibility index (Phi) is 5.03. The molecule has 3 aliphatic rings. The van der Waals surface area contributed by atoms with Gasteiger partial charge < -0.3 is 9.64 Å². The van der Waals surface area contributed by atoms with Crippen LogP contribution in [0.15, 0.2) is 6.07 Å². The summed E-state index contributed by atoms with van der Waals surface area (Å²) in [7, 11) is 0. The number of carbonyl (C=O) groups excluding carboxylic acids is 2. The Labute approximate surface area is 172 Å². The molecule has 2 aliphatic heterocycles. The molecule has 1 atom stereocenters. The van der Waals surface area contributed by atoms with Crippen LogP contribution in [0.1, 0.15) is 83.3 Å². The lowest BCUT2D eigenvalue weighted by Crippen LogP contribution is -2.39. The summed E-state index contributed by atoms with van der Waals surface area (Å²) in [6.07, 6.45) is 6.71. The van der Waals surface area contributed by atoms with E-state index in [0.29, 0.717) is 18.2 Å². The summed E-state index contributed by atoms with van der Waals surface area (Å²) >= 11 is 0. The Balaban J connectivity index is 1.61. The molecule has 1 aromatic heterocycles. The van der Waals surface area contributed by atoms with E-state index in [1.807, 2.05) is 38.7 Å². The van der Waals surface area contributed by atoms with Crippen LogP contribution in [0, 0.1) is 12.3 Å². The number of anilines is 1. The van der Waals surface area contributed by atoms with E-state index in [1.54, 1.807) is 4.90 Å². The Bertz CT molecular complexity index is 811. The Morgan fingerprint density at radius 2 is 1.90 bits per heavy atom. The Morgan fingerprint density at radius 3 is 2.59 bits per heavy atom. The number of nitrogens with zero attached hydrogens (tertiary/aromatic N) is 4. The zero-order valence-corrected chi connectivity index (χ0v) is 18.0. The third-order valence-electron chi connectivity index (χ3n) is 6.32. The van der Waals surface area contributed by atoms with Gasteiger partial charge in [-0.1, -0.05) is 27.2 Å². The van der Waals surface area contributed by atoms with Gasteiger partial charge in [-0.15, -0.1) is 0 Å². The van der Waals surface area contributed by atoms with Gasteiger partial charge in [0.15, 0.2) is 5.82 Å². The molecule has 0 bridgehead atoms. The van der Waals surface area contributed by atoms with Gasteiger partial charge in [-0.3, -0.25) is 9.69 Å². The van der Waals surface area contributed by atoms with Gasteiger partial charge in [0.25, 0.3) is 0 Å². The second-order valence-electron chi connectivity index (χ2n) is 9.83. The number of aromatic nitrogens is 2. The van der Waals surface area contributed by atoms with Crippen molar-refractivity contribution in [2.75, 3.05) is 18.0 Å². The molecule has 3 heterocycles. The van der Waals surface area contributed by atoms with Crippen LogP contribution in [0.5, 0.6) is 0 Å². The molecular formula is C22H32N4O3. The van der Waals surface area contributed by atoms with Crippen molar-refractivity contribution >= 4 is 17.8 Å². The van der Waals surface area contributed by atoms with Crippen LogP contribution in [0.25, 0.3) is 0 Å². The SMILES string of the molecule is Cc1cc(N2CC3(CCCCC3)OC2=O)nc(C2CCCN2C(=O)C(C)(C)C)n1. The van der Waals surface area contributed by atoms with E-state index >= 15 is 0 Å². The van der Waals surface area contributed by atoms with Crippen molar-refractivity contribution in [1.82, 2.24) is 14.9 Å². The maximum Gasteiger partial charge on any atom is 0.416 e. The maximum atomic E-state index is 12.9. The summed E-state index contributed by atoms with van der Waals surface area (Å²) in [5.41, 5.74) is -0.00503. The third kappa shape index (κ3) is 3.83. The number of hydrogen-bond acceptors (Lipinski definition) is 5. The molecule has 29 heavy (non-hydrogen) atoms. The largest absolute Gasteiger partial charge is 0.441 e. The van der Waals surface area contributed by atoms with E-state index < -0.39 is 5.41 Å². The molecule has 3 fully saturated rings. The highest BCUT2D eigenvalue weighted by atomic mass is 16.6. The second-order valence-corrected chi connectivity index (χ2v) is 9.83. The van der Waals surface area contributed by atoms with Crippen molar-refractivity contribution in [1.29, 1.82) is 0 Å². The number of hydrogen-bond donors (Lipinski definition) is 0. The molecule has 4 rings (SSSR count). The minimum atomic E-state index is -0.443. The van der Waals surface area contributed by atoms with Crippen molar-refractivity contribution in [3.8, 4) is 0 Å². The highest BCUT2D eigenvalue weighted by molar-refractivity contribution is 5.89. The average Bonchev–Trinajstić information content (AvgIpc) is 3.25. The fourth-order valence-electron chi connectivity index (χ4n) is 4.83. The Hall–Kier alpha value is -2.18. The topological polar surface area (TPSA) is 75.6 Å². The summed E-state index contributed by atoms with van der Waals surface area (Å²) in [4.78, 5) is 38.6. The van der Waals surface area contributed by atoms with E-state index in [0.717, 1.165) is 50.8 Å². The highest BCUT2D eigenvalue weighted by Crippen LogP contribution is 2.39. The van der Waals surface area contributed by atoms with Crippen LogP contribution < -0.4 is 4.90 Å². The fraction of sp³-hybridized carbons (Fsp3) is 0.727. The molecule has 2 amide bonds. The van der Waals surface area contributed by atoms with Gasteiger partial charge in [0.2, 0.25) is 5.91 Å². The van der Waals surface area contributed by atoms with Crippen LogP contribution in [0.2, 0.25) is 0 Å². The van der Waals surface area contributed by atoms with Gasteiger partial charge >= 0.3 is 6.09 Å². The molecule has 0 radical (unpaired) electrons. The zero-order chi connectivity index (χ0) is 20.8. The first kappa shape index (κ1) is 20.1. The molecule has 1 aliphatic carbocycles. The summed E-state index contributed by atoms with van der Waals surface area (Å²) < 4.78 is 5.83. The van der Waals surface area contributed by atoms with Gasteiger partial charge in [0.1, 0.15) is 11.4 Å². The molecule has 7 nitrogen and oxygen atoms in total. The van der Waals surface area contributed by atoms with Crippen molar-refractivity contribution in [2.45, 2.75) is 84.3 Å². The highest BCUT2D eigenvalue weighted by Gasteiger charge is 2.47. The van der Waals surface area contributed by atoms with E-state index in [2.05, 4.69) is 4.98 Å². The average molecular weight is 401 g/mol. The van der Waals surface area contributed by atoms with E-state index in [-0.39, 0.29) is 23.6 Å². The zero-order valence-electron chi connectivity index (χ0n) is 18.0. The third-order valence-corrected chi connectivity index (χ3v) is 6.32. The summed E-state index contributed by atoms with van der Waals surface area (Å²) in [6, 6.07) is 1.71. The van der Waals surface area contributed by atoms with Gasteiger partial charge in [-0.05, 0) is 45.4 Å².